The van der Waals surface area contributed by atoms with E-state index in [0.717, 1.165) is 26.8 Å². The average Bonchev–Trinajstić information content (AvgIpc) is 3.33. The van der Waals surface area contributed by atoms with Gasteiger partial charge in [-0.15, -0.1) is 0 Å². The highest BCUT2D eigenvalue weighted by atomic mass is 16.5. The molecule has 0 unspecified atom stereocenters. The van der Waals surface area contributed by atoms with Gasteiger partial charge in [-0.1, -0.05) is 29.8 Å². The van der Waals surface area contributed by atoms with Gasteiger partial charge in [-0.05, 0) is 78.7 Å². The minimum absolute atomic E-state index is 0.261. The van der Waals surface area contributed by atoms with Crippen LogP contribution in [0.3, 0.4) is 0 Å². The van der Waals surface area contributed by atoms with Gasteiger partial charge in [0.25, 0.3) is 23.6 Å². The van der Waals surface area contributed by atoms with Crippen LogP contribution in [0.1, 0.15) is 47.0 Å². The van der Waals surface area contributed by atoms with Crippen LogP contribution >= 0.6 is 0 Å². The second kappa shape index (κ2) is 9.25. The number of amides is 4. The number of carbonyl (C=O) groups is 4. The van der Waals surface area contributed by atoms with Gasteiger partial charge in [0, 0.05) is 12.7 Å². The van der Waals surface area contributed by atoms with Gasteiger partial charge in [-0.2, -0.15) is 0 Å². The van der Waals surface area contributed by atoms with Crippen molar-refractivity contribution in [2.75, 3.05) is 24.0 Å². The molecule has 0 aliphatic carbocycles. The summed E-state index contributed by atoms with van der Waals surface area (Å²) in [7, 11) is 1.44. The molecule has 0 bridgehead atoms. The third kappa shape index (κ3) is 4.12. The molecule has 0 fully saturated rings. The van der Waals surface area contributed by atoms with Crippen molar-refractivity contribution in [1.29, 1.82) is 0 Å². The molecule has 192 valence electrons. The Morgan fingerprint density at radius 1 is 0.641 bits per heavy atom. The fraction of sp³-hybridized carbons (Fsp3) is 0.0968. The first-order valence-electron chi connectivity index (χ1n) is 12.3. The molecule has 4 aromatic carbocycles. The summed E-state index contributed by atoms with van der Waals surface area (Å²) < 4.78 is 5.69. The van der Waals surface area contributed by atoms with Gasteiger partial charge < -0.3 is 10.1 Å². The molecule has 6 rings (SSSR count). The van der Waals surface area contributed by atoms with E-state index in [1.165, 1.54) is 7.05 Å². The average molecular weight is 518 g/mol. The Hall–Kier alpha value is -5.24. The normalized spacial score (nSPS) is 14.1. The van der Waals surface area contributed by atoms with E-state index in [1.807, 2.05) is 31.2 Å². The molecule has 2 heterocycles. The fourth-order valence-electron chi connectivity index (χ4n) is 4.76. The second-order valence-electron chi connectivity index (χ2n) is 9.46. The Balaban J connectivity index is 1.19. The number of hydrogen-bond donors (Lipinski definition) is 1. The zero-order valence-corrected chi connectivity index (χ0v) is 21.2. The third-order valence-electron chi connectivity index (χ3n) is 6.97. The topological polar surface area (TPSA) is 96.0 Å². The zero-order valence-electron chi connectivity index (χ0n) is 21.2. The predicted octanol–water partition coefficient (Wildman–Crippen LogP) is 5.14. The first-order chi connectivity index (χ1) is 18.8. The van der Waals surface area contributed by atoms with Crippen LogP contribution in [0, 0.1) is 6.92 Å². The molecular formula is C31H23N3O5. The van der Waals surface area contributed by atoms with Crippen molar-refractivity contribution >= 4 is 35.0 Å². The molecule has 39 heavy (non-hydrogen) atoms. The molecule has 0 atom stereocenters. The molecule has 2 aliphatic heterocycles. The number of fused-ring (bicyclic) bond motifs is 2. The monoisotopic (exact) mass is 517 g/mol. The van der Waals surface area contributed by atoms with E-state index in [9.17, 15) is 19.2 Å². The summed E-state index contributed by atoms with van der Waals surface area (Å²) in [6, 6.07) is 24.7. The molecule has 2 aliphatic rings. The lowest BCUT2D eigenvalue weighted by atomic mass is 9.97. The van der Waals surface area contributed by atoms with Crippen LogP contribution in [0.4, 0.5) is 11.4 Å². The molecule has 8 nitrogen and oxygen atoms in total. The minimum Gasteiger partial charge on any atom is -0.473 e. The number of imide groups is 2. The first-order valence-corrected chi connectivity index (χ1v) is 12.3. The van der Waals surface area contributed by atoms with E-state index in [1.54, 1.807) is 60.7 Å². The smallest absolute Gasteiger partial charge is 0.266 e. The van der Waals surface area contributed by atoms with Crippen LogP contribution in [-0.4, -0.2) is 42.3 Å². The van der Waals surface area contributed by atoms with E-state index >= 15 is 0 Å². The van der Waals surface area contributed by atoms with Crippen molar-refractivity contribution in [3.63, 3.8) is 0 Å². The highest BCUT2D eigenvalue weighted by Gasteiger charge is 2.37. The second-order valence-corrected chi connectivity index (χ2v) is 9.46. The number of carbonyl (C=O) groups excluding carboxylic acids is 4. The Kier molecular flexibility index (Phi) is 5.72. The number of aryl methyl sites for hydroxylation is 1. The van der Waals surface area contributed by atoms with Crippen molar-refractivity contribution in [2.24, 2.45) is 0 Å². The van der Waals surface area contributed by atoms with E-state index in [2.05, 4.69) is 5.32 Å². The number of benzene rings is 4. The van der Waals surface area contributed by atoms with Crippen LogP contribution in [0.25, 0.3) is 11.1 Å². The van der Waals surface area contributed by atoms with Crippen molar-refractivity contribution in [1.82, 2.24) is 4.90 Å². The van der Waals surface area contributed by atoms with Gasteiger partial charge in [0.2, 0.25) is 0 Å². The van der Waals surface area contributed by atoms with Gasteiger partial charge >= 0.3 is 0 Å². The van der Waals surface area contributed by atoms with Gasteiger partial charge in [-0.3, -0.25) is 24.1 Å². The molecule has 1 N–H and O–H groups in total. The molecule has 0 saturated heterocycles. The maximum absolute atomic E-state index is 13.3. The number of rotatable bonds is 6. The van der Waals surface area contributed by atoms with Crippen LogP contribution in [-0.2, 0) is 0 Å². The molecule has 0 spiro atoms. The summed E-state index contributed by atoms with van der Waals surface area (Å²) in [5.41, 5.74) is 5.00. The zero-order chi connectivity index (χ0) is 27.3. The molecule has 0 aromatic heterocycles. The van der Waals surface area contributed by atoms with Crippen LogP contribution in [0.2, 0.25) is 0 Å². The number of anilines is 2. The van der Waals surface area contributed by atoms with E-state index < -0.39 is 11.8 Å². The highest BCUT2D eigenvalue weighted by Crippen LogP contribution is 2.34. The summed E-state index contributed by atoms with van der Waals surface area (Å²) in [5.74, 6) is -0.779. The van der Waals surface area contributed by atoms with Crippen molar-refractivity contribution < 1.29 is 23.9 Å². The first kappa shape index (κ1) is 24.1. The lowest BCUT2D eigenvalue weighted by Gasteiger charge is -2.15. The Bertz CT molecular complexity index is 1680. The summed E-state index contributed by atoms with van der Waals surface area (Å²) in [6.07, 6.45) is 0. The van der Waals surface area contributed by atoms with Crippen LogP contribution in [0.5, 0.6) is 5.75 Å². The molecule has 4 aromatic rings. The molecule has 0 saturated carbocycles. The summed E-state index contributed by atoms with van der Waals surface area (Å²) in [6.45, 7) is 2.27. The highest BCUT2D eigenvalue weighted by molar-refractivity contribution is 6.34. The van der Waals surface area contributed by atoms with E-state index in [-0.39, 0.29) is 24.1 Å². The third-order valence-corrected chi connectivity index (χ3v) is 6.97. The molecule has 4 amide bonds. The molecular weight excluding hydrogens is 494 g/mol. The number of ether oxygens (including phenoxy) is 1. The van der Waals surface area contributed by atoms with Crippen molar-refractivity contribution in [3.05, 3.63) is 113 Å². The largest absolute Gasteiger partial charge is 0.473 e. The maximum Gasteiger partial charge on any atom is 0.266 e. The quantitative estimate of drug-likeness (QED) is 0.281. The predicted molar refractivity (Wildman–Crippen MR) is 146 cm³/mol. The SMILES string of the molecule is Cc1ccc(OCNc2ccc(N3C(=O)c4ccc(-c5ccc6c(c5)C(=O)N(C)C6=O)cc4C3=O)cc2)cc1. The summed E-state index contributed by atoms with van der Waals surface area (Å²) in [5, 5.41) is 3.16. The van der Waals surface area contributed by atoms with Crippen LogP contribution < -0.4 is 15.0 Å². The Morgan fingerprint density at radius 2 is 1.18 bits per heavy atom. The fourth-order valence-corrected chi connectivity index (χ4v) is 4.76. The van der Waals surface area contributed by atoms with Gasteiger partial charge in [0.1, 0.15) is 5.75 Å². The summed E-state index contributed by atoms with van der Waals surface area (Å²) in [4.78, 5) is 53.3. The Labute approximate surface area is 224 Å². The van der Waals surface area contributed by atoms with Crippen LogP contribution in [0.15, 0.2) is 84.9 Å². The number of hydrogen-bond acceptors (Lipinski definition) is 6. The summed E-state index contributed by atoms with van der Waals surface area (Å²) >= 11 is 0. The van der Waals surface area contributed by atoms with E-state index in [4.69, 9.17) is 4.74 Å². The number of nitrogens with one attached hydrogen (secondary N) is 1. The van der Waals surface area contributed by atoms with E-state index in [0.29, 0.717) is 33.5 Å². The maximum atomic E-state index is 13.3. The Morgan fingerprint density at radius 3 is 1.82 bits per heavy atom. The van der Waals surface area contributed by atoms with Crippen molar-refractivity contribution in [2.45, 2.75) is 6.92 Å². The lowest BCUT2D eigenvalue weighted by molar-refractivity contribution is 0.0692. The van der Waals surface area contributed by atoms with Gasteiger partial charge in [0.15, 0.2) is 6.73 Å². The standard InChI is InChI=1S/C31H23N3O5/c1-18-3-11-23(12-4-18)39-17-32-21-7-9-22(10-8-21)34-30(37)25-14-6-20(16-27(25)31(34)38)19-5-13-24-26(15-19)29(36)33(2)28(24)35/h3-16,32H,17H2,1-2H3. The molecule has 0 radical (unpaired) electrons. The van der Waals surface area contributed by atoms with Gasteiger partial charge in [0.05, 0.1) is 27.9 Å². The molecule has 8 heteroatoms. The minimum atomic E-state index is -0.424. The van der Waals surface area contributed by atoms with Gasteiger partial charge in [-0.25, -0.2) is 4.90 Å². The lowest BCUT2D eigenvalue weighted by Crippen LogP contribution is -2.29. The van der Waals surface area contributed by atoms with Crippen molar-refractivity contribution in [3.8, 4) is 16.9 Å². The number of nitrogens with zero attached hydrogens (tertiary/aromatic N) is 2.